The smallest absolute Gasteiger partial charge is 0.126 e. The van der Waals surface area contributed by atoms with Crippen molar-refractivity contribution in [1.29, 1.82) is 0 Å². The summed E-state index contributed by atoms with van der Waals surface area (Å²) >= 11 is 0. The average Bonchev–Trinajstić information content (AvgIpc) is 2.44. The van der Waals surface area contributed by atoms with Crippen molar-refractivity contribution < 1.29 is 9.50 Å². The first-order valence-corrected chi connectivity index (χ1v) is 8.09. The molecule has 1 aromatic carbocycles. The highest BCUT2D eigenvalue weighted by atomic mass is 19.1. The predicted molar refractivity (Wildman–Crippen MR) is 83.3 cm³/mol. The fourth-order valence-electron chi connectivity index (χ4n) is 2.45. The van der Waals surface area contributed by atoms with E-state index in [1.807, 2.05) is 6.07 Å². The molecule has 0 fully saturated rings. The quantitative estimate of drug-likeness (QED) is 0.545. The Balaban J connectivity index is 2.13. The first-order chi connectivity index (χ1) is 9.65. The van der Waals surface area contributed by atoms with E-state index in [0.29, 0.717) is 11.1 Å². The molecule has 0 amide bonds. The van der Waals surface area contributed by atoms with Crippen molar-refractivity contribution in [2.45, 2.75) is 77.7 Å². The lowest BCUT2D eigenvalue weighted by atomic mass is 10.0. The van der Waals surface area contributed by atoms with Gasteiger partial charge in [-0.3, -0.25) is 0 Å². The Morgan fingerprint density at radius 2 is 1.60 bits per heavy atom. The highest BCUT2D eigenvalue weighted by Gasteiger charge is 2.09. The number of rotatable bonds is 10. The van der Waals surface area contributed by atoms with Crippen molar-refractivity contribution in [2.75, 3.05) is 0 Å². The molecule has 1 atom stereocenters. The third-order valence-electron chi connectivity index (χ3n) is 3.91. The molecule has 1 aromatic rings. The molecule has 0 aliphatic rings. The maximum absolute atomic E-state index is 13.4. The maximum atomic E-state index is 13.4. The topological polar surface area (TPSA) is 20.2 Å². The van der Waals surface area contributed by atoms with Gasteiger partial charge < -0.3 is 5.11 Å². The fraction of sp³-hybridized carbons (Fsp3) is 0.667. The largest absolute Gasteiger partial charge is 0.388 e. The Morgan fingerprint density at radius 3 is 2.20 bits per heavy atom. The molecule has 0 saturated carbocycles. The minimum absolute atomic E-state index is 0.225. The van der Waals surface area contributed by atoms with Gasteiger partial charge in [-0.05, 0) is 30.5 Å². The van der Waals surface area contributed by atoms with Crippen LogP contribution in [-0.4, -0.2) is 5.11 Å². The van der Waals surface area contributed by atoms with Crippen molar-refractivity contribution in [3.05, 3.63) is 35.1 Å². The lowest BCUT2D eigenvalue weighted by molar-refractivity contribution is 0.163. The van der Waals surface area contributed by atoms with Crippen molar-refractivity contribution in [3.8, 4) is 0 Å². The van der Waals surface area contributed by atoms with Gasteiger partial charge in [-0.25, -0.2) is 4.39 Å². The van der Waals surface area contributed by atoms with Crippen LogP contribution in [0.4, 0.5) is 4.39 Å². The standard InChI is InChI=1S/C18H29FO/c1-3-4-5-6-7-8-9-10-11-18(20)16-13-12-15(2)17(19)14-16/h12-14,18,20H,3-11H2,1-2H3. The molecule has 1 nitrogen and oxygen atoms in total. The molecule has 0 saturated heterocycles. The summed E-state index contributed by atoms with van der Waals surface area (Å²) in [4.78, 5) is 0. The lowest BCUT2D eigenvalue weighted by Crippen LogP contribution is -1.99. The number of aryl methyl sites for hydroxylation is 1. The van der Waals surface area contributed by atoms with Crippen molar-refractivity contribution in [3.63, 3.8) is 0 Å². The molecule has 1 N–H and O–H groups in total. The summed E-state index contributed by atoms with van der Waals surface area (Å²) in [5, 5.41) is 10.0. The number of halogens is 1. The Bertz CT molecular complexity index is 376. The van der Waals surface area contributed by atoms with E-state index in [1.165, 1.54) is 44.6 Å². The molecule has 2 heteroatoms. The second-order valence-electron chi connectivity index (χ2n) is 5.79. The van der Waals surface area contributed by atoms with Gasteiger partial charge in [-0.1, -0.05) is 70.4 Å². The molecule has 0 heterocycles. The molecule has 1 unspecified atom stereocenters. The van der Waals surface area contributed by atoms with Crippen LogP contribution < -0.4 is 0 Å². The van der Waals surface area contributed by atoms with Crippen LogP contribution in [-0.2, 0) is 0 Å². The molecule has 0 aliphatic carbocycles. The van der Waals surface area contributed by atoms with E-state index in [-0.39, 0.29) is 5.82 Å². The molecule has 0 bridgehead atoms. The zero-order valence-electron chi connectivity index (χ0n) is 13.0. The van der Waals surface area contributed by atoms with E-state index >= 15 is 0 Å². The van der Waals surface area contributed by atoms with Gasteiger partial charge in [-0.15, -0.1) is 0 Å². The van der Waals surface area contributed by atoms with Gasteiger partial charge in [0.2, 0.25) is 0 Å². The summed E-state index contributed by atoms with van der Waals surface area (Å²) in [7, 11) is 0. The summed E-state index contributed by atoms with van der Waals surface area (Å²) in [6, 6.07) is 5.03. The monoisotopic (exact) mass is 280 g/mol. The predicted octanol–water partition coefficient (Wildman–Crippen LogP) is 5.70. The van der Waals surface area contributed by atoms with E-state index in [0.717, 1.165) is 19.3 Å². The second-order valence-corrected chi connectivity index (χ2v) is 5.79. The van der Waals surface area contributed by atoms with Crippen molar-refractivity contribution >= 4 is 0 Å². The third kappa shape index (κ3) is 6.51. The van der Waals surface area contributed by atoms with E-state index in [4.69, 9.17) is 0 Å². The molecular formula is C18H29FO. The van der Waals surface area contributed by atoms with E-state index < -0.39 is 6.10 Å². The molecule has 20 heavy (non-hydrogen) atoms. The Kier molecular flexibility index (Phi) is 8.52. The normalized spacial score (nSPS) is 12.6. The van der Waals surface area contributed by atoms with Crippen LogP contribution in [0.2, 0.25) is 0 Å². The fourth-order valence-corrected chi connectivity index (χ4v) is 2.45. The van der Waals surface area contributed by atoms with Crippen molar-refractivity contribution in [1.82, 2.24) is 0 Å². The zero-order chi connectivity index (χ0) is 14.8. The number of hydrogen-bond acceptors (Lipinski definition) is 1. The Morgan fingerprint density at radius 1 is 1.00 bits per heavy atom. The number of aliphatic hydroxyl groups is 1. The Labute approximate surface area is 123 Å². The maximum Gasteiger partial charge on any atom is 0.126 e. The minimum atomic E-state index is -0.523. The zero-order valence-corrected chi connectivity index (χ0v) is 13.0. The van der Waals surface area contributed by atoms with Gasteiger partial charge in [-0.2, -0.15) is 0 Å². The highest BCUT2D eigenvalue weighted by molar-refractivity contribution is 5.24. The molecular weight excluding hydrogens is 251 g/mol. The van der Waals surface area contributed by atoms with Crippen LogP contribution in [0.25, 0.3) is 0 Å². The number of hydrogen-bond donors (Lipinski definition) is 1. The van der Waals surface area contributed by atoms with Crippen LogP contribution >= 0.6 is 0 Å². The van der Waals surface area contributed by atoms with Gasteiger partial charge in [0.15, 0.2) is 0 Å². The summed E-state index contributed by atoms with van der Waals surface area (Å²) in [5.41, 5.74) is 1.34. The molecule has 1 rings (SSSR count). The number of aliphatic hydroxyl groups excluding tert-OH is 1. The summed E-state index contributed by atoms with van der Waals surface area (Å²) in [6.45, 7) is 3.97. The van der Waals surface area contributed by atoms with Gasteiger partial charge in [0.1, 0.15) is 5.82 Å². The molecule has 0 spiro atoms. The van der Waals surface area contributed by atoms with Gasteiger partial charge >= 0.3 is 0 Å². The lowest BCUT2D eigenvalue weighted by Gasteiger charge is -2.11. The summed E-state index contributed by atoms with van der Waals surface area (Å²) in [5.74, 6) is -0.225. The van der Waals surface area contributed by atoms with Crippen LogP contribution in [0.1, 0.15) is 81.9 Å². The molecule has 0 aliphatic heterocycles. The Hall–Kier alpha value is -0.890. The molecule has 0 radical (unpaired) electrons. The van der Waals surface area contributed by atoms with E-state index in [9.17, 15) is 9.50 Å². The van der Waals surface area contributed by atoms with E-state index in [2.05, 4.69) is 6.92 Å². The van der Waals surface area contributed by atoms with Crippen LogP contribution in [0, 0.1) is 12.7 Å². The van der Waals surface area contributed by atoms with Gasteiger partial charge in [0.05, 0.1) is 6.10 Å². The first kappa shape index (κ1) is 17.2. The third-order valence-corrected chi connectivity index (χ3v) is 3.91. The number of unbranched alkanes of at least 4 members (excludes halogenated alkanes) is 7. The second kappa shape index (κ2) is 9.93. The van der Waals surface area contributed by atoms with Crippen LogP contribution in [0.3, 0.4) is 0 Å². The molecule has 114 valence electrons. The summed E-state index contributed by atoms with van der Waals surface area (Å²) < 4.78 is 13.4. The highest BCUT2D eigenvalue weighted by Crippen LogP contribution is 2.22. The first-order valence-electron chi connectivity index (χ1n) is 8.09. The van der Waals surface area contributed by atoms with Crippen LogP contribution in [0.5, 0.6) is 0 Å². The molecule has 0 aromatic heterocycles. The van der Waals surface area contributed by atoms with Crippen molar-refractivity contribution in [2.24, 2.45) is 0 Å². The summed E-state index contributed by atoms with van der Waals surface area (Å²) in [6.07, 6.45) is 10.3. The average molecular weight is 280 g/mol. The van der Waals surface area contributed by atoms with E-state index in [1.54, 1.807) is 13.0 Å². The number of benzene rings is 1. The van der Waals surface area contributed by atoms with Gasteiger partial charge in [0.25, 0.3) is 0 Å². The SMILES string of the molecule is CCCCCCCCCCC(O)c1ccc(C)c(F)c1. The van der Waals surface area contributed by atoms with Crippen LogP contribution in [0.15, 0.2) is 18.2 Å². The van der Waals surface area contributed by atoms with Gasteiger partial charge in [0, 0.05) is 0 Å². The minimum Gasteiger partial charge on any atom is -0.388 e.